The fraction of sp³-hybridized carbons (Fsp3) is 0.923. The molecule has 1 fully saturated rings. The Labute approximate surface area is 117 Å². The van der Waals surface area contributed by atoms with Gasteiger partial charge in [0.2, 0.25) is 5.91 Å². The lowest BCUT2D eigenvalue weighted by atomic mass is 9.80. The lowest BCUT2D eigenvalue weighted by Crippen LogP contribution is -2.49. The highest BCUT2D eigenvalue weighted by Gasteiger charge is 2.43. The molecule has 0 aromatic carbocycles. The molecule has 1 amide bonds. The molecule has 1 saturated carbocycles. The maximum atomic E-state index is 12.6. The lowest BCUT2D eigenvalue weighted by Gasteiger charge is -2.38. The summed E-state index contributed by atoms with van der Waals surface area (Å²) in [4.78, 5) is 13.8. The highest BCUT2D eigenvalue weighted by Crippen LogP contribution is 2.40. The van der Waals surface area contributed by atoms with Crippen LogP contribution in [0.15, 0.2) is 0 Å². The Kier molecular flexibility index (Phi) is 5.15. The van der Waals surface area contributed by atoms with Crippen LogP contribution in [-0.4, -0.2) is 35.4 Å². The molecule has 0 saturated heterocycles. The van der Waals surface area contributed by atoms with Crippen LogP contribution in [0.25, 0.3) is 0 Å². The molecule has 0 aliphatic heterocycles. The van der Waals surface area contributed by atoms with E-state index in [1.165, 1.54) is 0 Å². The van der Waals surface area contributed by atoms with Gasteiger partial charge in [0, 0.05) is 18.8 Å². The van der Waals surface area contributed by atoms with Crippen molar-refractivity contribution in [3.8, 4) is 0 Å². The number of alkyl halides is 4. The van der Waals surface area contributed by atoms with E-state index in [2.05, 4.69) is 0 Å². The molecule has 0 spiro atoms. The van der Waals surface area contributed by atoms with Gasteiger partial charge in [0.05, 0.1) is 11.5 Å². The molecule has 0 N–H and O–H groups in total. The molecule has 0 radical (unpaired) electrons. The number of rotatable bonds is 3. The first-order chi connectivity index (χ1) is 8.59. The Morgan fingerprint density at radius 1 is 1.21 bits per heavy atom. The Hall–Kier alpha value is -0.450. The zero-order valence-electron chi connectivity index (χ0n) is 11.6. The number of hydrogen-bond acceptors (Lipinski definition) is 1. The number of amides is 1. The standard InChI is InChI=1S/C13H21ClF3NO/c1-12(2,8-14)18(3)11(19)9-4-6-10(7-5-9)13(15,16)17/h9-10H,4-8H2,1-3H3. The van der Waals surface area contributed by atoms with E-state index in [1.54, 1.807) is 11.9 Å². The number of carbonyl (C=O) groups excluding carboxylic acids is 1. The van der Waals surface area contributed by atoms with E-state index in [-0.39, 0.29) is 24.7 Å². The van der Waals surface area contributed by atoms with E-state index in [1.807, 2.05) is 13.8 Å². The maximum absolute atomic E-state index is 12.6. The summed E-state index contributed by atoms with van der Waals surface area (Å²) in [6.45, 7) is 3.69. The predicted octanol–water partition coefficient (Wildman–Crippen LogP) is 3.83. The monoisotopic (exact) mass is 299 g/mol. The second kappa shape index (κ2) is 5.90. The summed E-state index contributed by atoms with van der Waals surface area (Å²) in [5.74, 6) is -1.34. The molecule has 0 aromatic heterocycles. The summed E-state index contributed by atoms with van der Waals surface area (Å²) in [5.41, 5.74) is -0.473. The molecule has 1 rings (SSSR count). The van der Waals surface area contributed by atoms with Gasteiger partial charge in [0.25, 0.3) is 0 Å². The second-order valence-electron chi connectivity index (χ2n) is 5.93. The van der Waals surface area contributed by atoms with Crippen molar-refractivity contribution in [3.63, 3.8) is 0 Å². The molecule has 19 heavy (non-hydrogen) atoms. The Morgan fingerprint density at radius 3 is 2.05 bits per heavy atom. The molecular formula is C13H21ClF3NO. The summed E-state index contributed by atoms with van der Waals surface area (Å²) in [6.07, 6.45) is -3.41. The minimum Gasteiger partial charge on any atom is -0.339 e. The minimum atomic E-state index is -4.13. The van der Waals surface area contributed by atoms with Crippen LogP contribution in [0.3, 0.4) is 0 Å². The summed E-state index contributed by atoms with van der Waals surface area (Å²) >= 11 is 5.81. The quantitative estimate of drug-likeness (QED) is 0.725. The normalized spacial score (nSPS) is 25.2. The van der Waals surface area contributed by atoms with Crippen LogP contribution >= 0.6 is 11.6 Å². The van der Waals surface area contributed by atoms with Crippen LogP contribution in [0.2, 0.25) is 0 Å². The molecule has 1 aliphatic carbocycles. The van der Waals surface area contributed by atoms with Gasteiger partial charge in [-0.3, -0.25) is 4.79 Å². The zero-order valence-corrected chi connectivity index (χ0v) is 12.3. The Balaban J connectivity index is 2.59. The third-order valence-corrected chi connectivity index (χ3v) is 4.76. The molecule has 0 unspecified atom stereocenters. The summed E-state index contributed by atoms with van der Waals surface area (Å²) < 4.78 is 37.7. The van der Waals surface area contributed by atoms with Crippen LogP contribution in [0.5, 0.6) is 0 Å². The van der Waals surface area contributed by atoms with E-state index in [4.69, 9.17) is 11.6 Å². The van der Waals surface area contributed by atoms with E-state index in [9.17, 15) is 18.0 Å². The van der Waals surface area contributed by atoms with Gasteiger partial charge in [-0.15, -0.1) is 11.6 Å². The summed E-state index contributed by atoms with van der Waals surface area (Å²) in [7, 11) is 1.67. The third kappa shape index (κ3) is 4.01. The van der Waals surface area contributed by atoms with E-state index in [0.717, 1.165) is 0 Å². The van der Waals surface area contributed by atoms with E-state index in [0.29, 0.717) is 18.7 Å². The van der Waals surface area contributed by atoms with Gasteiger partial charge in [0.15, 0.2) is 0 Å². The van der Waals surface area contributed by atoms with Crippen molar-refractivity contribution in [2.45, 2.75) is 51.2 Å². The zero-order chi connectivity index (χ0) is 14.8. The van der Waals surface area contributed by atoms with Crippen LogP contribution in [0.4, 0.5) is 13.2 Å². The van der Waals surface area contributed by atoms with Crippen molar-refractivity contribution < 1.29 is 18.0 Å². The van der Waals surface area contributed by atoms with Gasteiger partial charge in [-0.2, -0.15) is 13.2 Å². The Morgan fingerprint density at radius 2 is 1.68 bits per heavy atom. The highest BCUT2D eigenvalue weighted by atomic mass is 35.5. The van der Waals surface area contributed by atoms with E-state index < -0.39 is 17.6 Å². The van der Waals surface area contributed by atoms with Crippen LogP contribution in [-0.2, 0) is 4.79 Å². The first-order valence-electron chi connectivity index (χ1n) is 6.50. The number of carbonyl (C=O) groups is 1. The number of halogens is 4. The van der Waals surface area contributed by atoms with Crippen molar-refractivity contribution in [2.24, 2.45) is 11.8 Å². The van der Waals surface area contributed by atoms with Gasteiger partial charge in [-0.25, -0.2) is 0 Å². The summed E-state index contributed by atoms with van der Waals surface area (Å²) in [6, 6.07) is 0. The molecule has 0 bridgehead atoms. The molecule has 112 valence electrons. The average Bonchev–Trinajstić information content (AvgIpc) is 2.36. The van der Waals surface area contributed by atoms with Crippen LogP contribution in [0.1, 0.15) is 39.5 Å². The first kappa shape index (κ1) is 16.6. The largest absolute Gasteiger partial charge is 0.391 e. The molecule has 0 heterocycles. The molecule has 1 aliphatic rings. The van der Waals surface area contributed by atoms with Crippen molar-refractivity contribution in [1.29, 1.82) is 0 Å². The van der Waals surface area contributed by atoms with Crippen molar-refractivity contribution >= 4 is 17.5 Å². The van der Waals surface area contributed by atoms with Crippen LogP contribution in [0, 0.1) is 11.8 Å². The topological polar surface area (TPSA) is 20.3 Å². The smallest absolute Gasteiger partial charge is 0.339 e. The molecule has 0 aromatic rings. The van der Waals surface area contributed by atoms with Gasteiger partial charge >= 0.3 is 6.18 Å². The molecule has 6 heteroatoms. The predicted molar refractivity (Wildman–Crippen MR) is 69.1 cm³/mol. The minimum absolute atomic E-state index is 0.0506. The van der Waals surface area contributed by atoms with Crippen LogP contribution < -0.4 is 0 Å². The molecule has 0 atom stereocenters. The lowest BCUT2D eigenvalue weighted by molar-refractivity contribution is -0.185. The van der Waals surface area contributed by atoms with Crippen molar-refractivity contribution in [2.75, 3.05) is 12.9 Å². The first-order valence-corrected chi connectivity index (χ1v) is 7.03. The number of nitrogens with zero attached hydrogens (tertiary/aromatic N) is 1. The van der Waals surface area contributed by atoms with Crippen molar-refractivity contribution in [3.05, 3.63) is 0 Å². The number of hydrogen-bond donors (Lipinski definition) is 0. The second-order valence-corrected chi connectivity index (χ2v) is 6.20. The van der Waals surface area contributed by atoms with Gasteiger partial charge < -0.3 is 4.90 Å². The van der Waals surface area contributed by atoms with Gasteiger partial charge in [-0.1, -0.05) is 0 Å². The highest BCUT2D eigenvalue weighted by molar-refractivity contribution is 6.18. The van der Waals surface area contributed by atoms with E-state index >= 15 is 0 Å². The Bertz CT molecular complexity index is 322. The van der Waals surface area contributed by atoms with Gasteiger partial charge in [-0.05, 0) is 39.5 Å². The van der Waals surface area contributed by atoms with Gasteiger partial charge in [0.1, 0.15) is 0 Å². The fourth-order valence-corrected chi connectivity index (χ4v) is 2.51. The maximum Gasteiger partial charge on any atom is 0.391 e. The SMILES string of the molecule is CN(C(=O)C1CCC(C(F)(F)F)CC1)C(C)(C)CCl. The summed E-state index contributed by atoms with van der Waals surface area (Å²) in [5, 5.41) is 0. The molecule has 2 nitrogen and oxygen atoms in total. The molecular weight excluding hydrogens is 279 g/mol. The fourth-order valence-electron chi connectivity index (χ4n) is 2.33. The van der Waals surface area contributed by atoms with Crippen molar-refractivity contribution in [1.82, 2.24) is 4.90 Å². The third-order valence-electron chi connectivity index (χ3n) is 4.10. The average molecular weight is 300 g/mol.